The van der Waals surface area contributed by atoms with Crippen molar-refractivity contribution in [2.24, 2.45) is 5.92 Å². The maximum atomic E-state index is 7.54. The van der Waals surface area contributed by atoms with Crippen molar-refractivity contribution in [1.82, 2.24) is 14.9 Å². The zero-order chi connectivity index (χ0) is 15.5. The third kappa shape index (κ3) is 2.53. The first-order chi connectivity index (χ1) is 10.7. The van der Waals surface area contributed by atoms with E-state index in [1.165, 1.54) is 6.21 Å². The summed E-state index contributed by atoms with van der Waals surface area (Å²) >= 11 is 0. The largest absolute Gasteiger partial charge is 0.399 e. The van der Waals surface area contributed by atoms with Crippen molar-refractivity contribution < 1.29 is 0 Å². The number of anilines is 1. The van der Waals surface area contributed by atoms with Gasteiger partial charge in [0.1, 0.15) is 5.82 Å². The number of benzene rings is 1. The van der Waals surface area contributed by atoms with E-state index >= 15 is 0 Å². The average molecular weight is 293 g/mol. The minimum atomic E-state index is 0.175. The highest BCUT2D eigenvalue weighted by Gasteiger charge is 2.20. The molecule has 0 spiro atoms. The van der Waals surface area contributed by atoms with Crippen LogP contribution < -0.4 is 11.1 Å². The van der Waals surface area contributed by atoms with Gasteiger partial charge in [0.25, 0.3) is 0 Å². The lowest BCUT2D eigenvalue weighted by atomic mass is 9.94. The molecule has 2 heterocycles. The molecule has 1 aromatic heterocycles. The fourth-order valence-corrected chi connectivity index (χ4v) is 2.73. The predicted molar refractivity (Wildman–Crippen MR) is 90.5 cm³/mol. The summed E-state index contributed by atoms with van der Waals surface area (Å²) in [6, 6.07) is 7.81. The quantitative estimate of drug-likeness (QED) is 0.598. The molecule has 1 aliphatic heterocycles. The smallest absolute Gasteiger partial charge is 0.114 e. The van der Waals surface area contributed by atoms with Gasteiger partial charge in [-0.1, -0.05) is 18.2 Å². The van der Waals surface area contributed by atoms with E-state index in [1.807, 2.05) is 49.9 Å². The van der Waals surface area contributed by atoms with Crippen LogP contribution in [0.25, 0.3) is 17.5 Å². The number of fused-ring (bicyclic) bond motifs is 1. The topological polar surface area (TPSA) is 79.7 Å². The van der Waals surface area contributed by atoms with Crippen LogP contribution in [-0.2, 0) is 6.42 Å². The lowest BCUT2D eigenvalue weighted by molar-refractivity contribution is 0.702. The van der Waals surface area contributed by atoms with E-state index in [1.54, 1.807) is 0 Å². The van der Waals surface area contributed by atoms with Gasteiger partial charge in [0, 0.05) is 49.3 Å². The summed E-state index contributed by atoms with van der Waals surface area (Å²) in [7, 11) is 1.84. The summed E-state index contributed by atoms with van der Waals surface area (Å²) in [4.78, 5) is 4.54. The van der Waals surface area contributed by atoms with Crippen molar-refractivity contribution in [2.75, 3.05) is 12.8 Å². The van der Waals surface area contributed by atoms with E-state index in [2.05, 4.69) is 20.9 Å². The number of hydrogen-bond donors (Lipinski definition) is 3. The van der Waals surface area contributed by atoms with Crippen LogP contribution in [0.1, 0.15) is 5.82 Å². The Morgan fingerprint density at radius 3 is 3.09 bits per heavy atom. The fraction of sp³-hybridized carbons (Fsp3) is 0.176. The second kappa shape index (κ2) is 5.89. The van der Waals surface area contributed by atoms with Gasteiger partial charge in [0.2, 0.25) is 0 Å². The summed E-state index contributed by atoms with van der Waals surface area (Å²) in [5.74, 6) is 1.17. The standard InChI is InChI=1S/C17H19N5/c1-20-10-14(9-18)12-5-6-22-16(11-21-17(22)8-12)13-3-2-4-15(19)7-13/h2-7,9-12,18,20H,8,19H2,1H3/b14-10+,18-9?. The Kier molecular flexibility index (Phi) is 3.78. The van der Waals surface area contributed by atoms with Gasteiger partial charge in [-0.05, 0) is 17.7 Å². The molecule has 2 aromatic rings. The van der Waals surface area contributed by atoms with Crippen LogP contribution in [0, 0.1) is 11.3 Å². The Labute approximate surface area is 129 Å². The van der Waals surface area contributed by atoms with E-state index < -0.39 is 0 Å². The third-order valence-corrected chi connectivity index (χ3v) is 3.83. The van der Waals surface area contributed by atoms with Gasteiger partial charge in [0.05, 0.1) is 11.9 Å². The van der Waals surface area contributed by atoms with Crippen molar-refractivity contribution in [3.8, 4) is 11.3 Å². The van der Waals surface area contributed by atoms with Crippen LogP contribution in [-0.4, -0.2) is 22.8 Å². The first-order valence-electron chi connectivity index (χ1n) is 7.21. The number of nitrogens with one attached hydrogen (secondary N) is 2. The molecule has 0 radical (unpaired) electrons. The van der Waals surface area contributed by atoms with E-state index in [9.17, 15) is 0 Å². The number of nitrogens with two attached hydrogens (primary N) is 1. The Balaban J connectivity index is 1.94. The molecular formula is C17H19N5. The van der Waals surface area contributed by atoms with Gasteiger partial charge in [-0.25, -0.2) is 4.98 Å². The second-order valence-corrected chi connectivity index (χ2v) is 5.28. The number of imidazole rings is 1. The molecular weight excluding hydrogens is 274 g/mol. The first kappa shape index (κ1) is 14.1. The van der Waals surface area contributed by atoms with Gasteiger partial charge in [-0.3, -0.25) is 0 Å². The minimum Gasteiger partial charge on any atom is -0.399 e. The van der Waals surface area contributed by atoms with Gasteiger partial charge >= 0.3 is 0 Å². The summed E-state index contributed by atoms with van der Waals surface area (Å²) in [6.45, 7) is 0. The lowest BCUT2D eigenvalue weighted by Crippen LogP contribution is -2.16. The third-order valence-electron chi connectivity index (χ3n) is 3.83. The number of aromatic nitrogens is 2. The second-order valence-electron chi connectivity index (χ2n) is 5.28. The van der Waals surface area contributed by atoms with E-state index in [4.69, 9.17) is 11.1 Å². The Morgan fingerprint density at radius 2 is 2.36 bits per heavy atom. The summed E-state index contributed by atoms with van der Waals surface area (Å²) in [6.07, 6.45) is 10.0. The molecule has 112 valence electrons. The summed E-state index contributed by atoms with van der Waals surface area (Å²) in [5, 5.41) is 10.5. The molecule has 1 aliphatic rings. The van der Waals surface area contributed by atoms with E-state index in [0.29, 0.717) is 0 Å². The Bertz CT molecular complexity index is 754. The van der Waals surface area contributed by atoms with Crippen LogP contribution in [0.2, 0.25) is 0 Å². The minimum absolute atomic E-state index is 0.175. The van der Waals surface area contributed by atoms with Crippen LogP contribution in [0.5, 0.6) is 0 Å². The molecule has 0 aliphatic carbocycles. The zero-order valence-corrected chi connectivity index (χ0v) is 12.5. The SMILES string of the molecule is CN/C=C(\C=N)C1C=Cn2c(-c3cccc(N)c3)cnc2C1. The molecule has 3 rings (SSSR count). The van der Waals surface area contributed by atoms with Gasteiger partial charge in [-0.2, -0.15) is 0 Å². The summed E-state index contributed by atoms with van der Waals surface area (Å²) in [5.41, 5.74) is 9.64. The molecule has 0 saturated heterocycles. The normalized spacial score (nSPS) is 17.1. The molecule has 1 unspecified atom stereocenters. The van der Waals surface area contributed by atoms with Crippen molar-refractivity contribution in [1.29, 1.82) is 5.41 Å². The highest BCUT2D eigenvalue weighted by molar-refractivity contribution is 5.77. The number of nitrogen functional groups attached to an aromatic ring is 1. The first-order valence-corrected chi connectivity index (χ1v) is 7.21. The van der Waals surface area contributed by atoms with E-state index in [-0.39, 0.29) is 5.92 Å². The predicted octanol–water partition coefficient (Wildman–Crippen LogP) is 2.53. The molecule has 0 saturated carbocycles. The van der Waals surface area contributed by atoms with Crippen molar-refractivity contribution in [2.45, 2.75) is 6.42 Å². The van der Waals surface area contributed by atoms with Gasteiger partial charge < -0.3 is 21.0 Å². The van der Waals surface area contributed by atoms with Crippen molar-refractivity contribution in [3.05, 3.63) is 54.1 Å². The average Bonchev–Trinajstić information content (AvgIpc) is 2.95. The lowest BCUT2D eigenvalue weighted by Gasteiger charge is -2.19. The molecule has 5 nitrogen and oxygen atoms in total. The summed E-state index contributed by atoms with van der Waals surface area (Å²) < 4.78 is 2.09. The molecule has 4 N–H and O–H groups in total. The van der Waals surface area contributed by atoms with Gasteiger partial charge in [0.15, 0.2) is 0 Å². The maximum absolute atomic E-state index is 7.54. The molecule has 1 atom stereocenters. The van der Waals surface area contributed by atoms with Crippen LogP contribution in [0.3, 0.4) is 0 Å². The molecule has 22 heavy (non-hydrogen) atoms. The number of rotatable bonds is 4. The monoisotopic (exact) mass is 293 g/mol. The number of nitrogens with zero attached hydrogens (tertiary/aromatic N) is 2. The number of hydrogen-bond acceptors (Lipinski definition) is 4. The maximum Gasteiger partial charge on any atom is 0.114 e. The molecule has 0 fully saturated rings. The fourth-order valence-electron chi connectivity index (χ4n) is 2.73. The highest BCUT2D eigenvalue weighted by atomic mass is 15.1. The molecule has 0 amide bonds. The van der Waals surface area contributed by atoms with Crippen LogP contribution in [0.15, 0.2) is 48.3 Å². The highest BCUT2D eigenvalue weighted by Crippen LogP contribution is 2.28. The Morgan fingerprint density at radius 1 is 1.50 bits per heavy atom. The van der Waals surface area contributed by atoms with Crippen molar-refractivity contribution >= 4 is 18.1 Å². The number of allylic oxidation sites excluding steroid dienone is 2. The van der Waals surface area contributed by atoms with Crippen LogP contribution >= 0.6 is 0 Å². The molecule has 0 bridgehead atoms. The molecule has 1 aromatic carbocycles. The van der Waals surface area contributed by atoms with E-state index in [0.717, 1.165) is 34.8 Å². The van der Waals surface area contributed by atoms with Crippen LogP contribution in [0.4, 0.5) is 5.69 Å². The zero-order valence-electron chi connectivity index (χ0n) is 12.5. The van der Waals surface area contributed by atoms with Gasteiger partial charge in [-0.15, -0.1) is 0 Å². The Hall–Kier alpha value is -2.82. The molecule has 5 heteroatoms. The van der Waals surface area contributed by atoms with Crippen molar-refractivity contribution in [3.63, 3.8) is 0 Å².